The first-order valence-electron chi connectivity index (χ1n) is 8.71. The topological polar surface area (TPSA) is 115 Å². The summed E-state index contributed by atoms with van der Waals surface area (Å²) in [4.78, 5) is 37.7. The third kappa shape index (κ3) is 5.04. The lowest BCUT2D eigenvalue weighted by Gasteiger charge is -2.20. The maximum absolute atomic E-state index is 12.2. The fourth-order valence-corrected chi connectivity index (χ4v) is 3.17. The molecule has 1 fully saturated rings. The van der Waals surface area contributed by atoms with Crippen LogP contribution >= 0.6 is 0 Å². The summed E-state index contributed by atoms with van der Waals surface area (Å²) in [6.07, 6.45) is 4.34. The molecule has 3 N–H and O–H groups in total. The highest BCUT2D eigenvalue weighted by molar-refractivity contribution is 5.87. The zero-order valence-electron chi connectivity index (χ0n) is 14.8. The van der Waals surface area contributed by atoms with E-state index in [-0.39, 0.29) is 18.7 Å². The largest absolute Gasteiger partial charge is 0.479 e. The fraction of sp³-hybridized carbons (Fsp3) is 0.647. The number of hydrogen-bond donors (Lipinski definition) is 3. The second-order valence-corrected chi connectivity index (χ2v) is 6.48. The molecule has 1 aliphatic rings. The highest BCUT2D eigenvalue weighted by Gasteiger charge is 2.27. The monoisotopic (exact) mass is 350 g/mol. The number of carbonyl (C=O) groups excluding carboxylic acids is 2. The molecule has 1 aromatic rings. The molecule has 8 nitrogen and oxygen atoms in total. The van der Waals surface area contributed by atoms with Gasteiger partial charge in [-0.1, -0.05) is 12.8 Å². The van der Waals surface area contributed by atoms with Gasteiger partial charge in [0, 0.05) is 37.2 Å². The third-order valence-corrected chi connectivity index (χ3v) is 4.55. The molecule has 2 heterocycles. The summed E-state index contributed by atoms with van der Waals surface area (Å²) in [7, 11) is 0. The summed E-state index contributed by atoms with van der Waals surface area (Å²) in [5, 5.41) is 18.6. The minimum atomic E-state index is -1.17. The number of aromatic amines is 1. The van der Waals surface area contributed by atoms with Crippen LogP contribution in [0.3, 0.4) is 0 Å². The van der Waals surface area contributed by atoms with E-state index >= 15 is 0 Å². The molecule has 138 valence electrons. The van der Waals surface area contributed by atoms with Crippen LogP contribution < -0.4 is 5.32 Å². The van der Waals surface area contributed by atoms with E-state index in [0.717, 1.165) is 38.8 Å². The quantitative estimate of drug-likeness (QED) is 0.718. The van der Waals surface area contributed by atoms with Gasteiger partial charge in [-0.2, -0.15) is 5.10 Å². The normalized spacial score (nSPS) is 16.2. The molecule has 8 heteroatoms. The Morgan fingerprint density at radius 1 is 1.16 bits per heavy atom. The molecule has 1 saturated heterocycles. The first-order valence-corrected chi connectivity index (χ1v) is 8.71. The molecule has 1 aliphatic heterocycles. The number of carbonyl (C=O) groups is 3. The Hall–Kier alpha value is -2.38. The van der Waals surface area contributed by atoms with Gasteiger partial charge in [-0.25, -0.2) is 4.79 Å². The predicted octanol–water partition coefficient (Wildman–Crippen LogP) is 1.45. The van der Waals surface area contributed by atoms with Crippen molar-refractivity contribution >= 4 is 17.8 Å². The van der Waals surface area contributed by atoms with Gasteiger partial charge in [0.2, 0.25) is 11.8 Å². The lowest BCUT2D eigenvalue weighted by Crippen LogP contribution is -2.36. The summed E-state index contributed by atoms with van der Waals surface area (Å²) in [6.45, 7) is 4.88. The predicted molar refractivity (Wildman–Crippen MR) is 90.9 cm³/mol. The smallest absolute Gasteiger partial charge is 0.331 e. The molecule has 0 unspecified atom stereocenters. The van der Waals surface area contributed by atoms with Crippen LogP contribution in [0.2, 0.25) is 0 Å². The molecule has 0 bridgehead atoms. The average Bonchev–Trinajstić information content (AvgIpc) is 2.79. The molecular weight excluding hydrogens is 324 g/mol. The summed E-state index contributed by atoms with van der Waals surface area (Å²) in [5.41, 5.74) is 1.59. The number of nitrogens with zero attached hydrogens (tertiary/aromatic N) is 2. The number of rotatable bonds is 6. The van der Waals surface area contributed by atoms with Crippen LogP contribution in [-0.2, 0) is 14.4 Å². The van der Waals surface area contributed by atoms with E-state index in [4.69, 9.17) is 0 Å². The van der Waals surface area contributed by atoms with Crippen LogP contribution in [-0.4, -0.2) is 51.1 Å². The van der Waals surface area contributed by atoms with Crippen LogP contribution in [0.25, 0.3) is 0 Å². The van der Waals surface area contributed by atoms with Gasteiger partial charge < -0.3 is 15.3 Å². The van der Waals surface area contributed by atoms with E-state index in [2.05, 4.69) is 15.5 Å². The van der Waals surface area contributed by atoms with Crippen molar-refractivity contribution in [3.8, 4) is 0 Å². The zero-order chi connectivity index (χ0) is 18.4. The summed E-state index contributed by atoms with van der Waals surface area (Å²) < 4.78 is 0. The first kappa shape index (κ1) is 19.0. The SMILES string of the molecule is Cc1n[nH]c(C)c1[C@@H](NC(=O)CCC(=O)N1CCCCCC1)C(=O)O. The average molecular weight is 350 g/mol. The Morgan fingerprint density at radius 2 is 1.80 bits per heavy atom. The van der Waals surface area contributed by atoms with Gasteiger partial charge in [-0.15, -0.1) is 0 Å². The number of likely N-dealkylation sites (tertiary alicyclic amines) is 1. The van der Waals surface area contributed by atoms with Crippen molar-refractivity contribution in [2.24, 2.45) is 0 Å². The fourth-order valence-electron chi connectivity index (χ4n) is 3.17. The Balaban J connectivity index is 1.91. The van der Waals surface area contributed by atoms with Crippen molar-refractivity contribution in [3.05, 3.63) is 17.0 Å². The summed E-state index contributed by atoms with van der Waals surface area (Å²) in [5.74, 6) is -1.64. The van der Waals surface area contributed by atoms with Crippen molar-refractivity contribution in [3.63, 3.8) is 0 Å². The number of hydrogen-bond acceptors (Lipinski definition) is 4. The highest BCUT2D eigenvalue weighted by atomic mass is 16.4. The van der Waals surface area contributed by atoms with E-state index in [0.29, 0.717) is 17.0 Å². The molecule has 2 amide bonds. The number of aromatic nitrogens is 2. The number of nitrogens with one attached hydrogen (secondary N) is 2. The molecule has 0 aliphatic carbocycles. The standard InChI is InChI=1S/C17H26N4O4/c1-11-15(12(2)20-19-11)16(17(24)25)18-13(22)7-8-14(23)21-9-5-3-4-6-10-21/h16H,3-10H2,1-2H3,(H,18,22)(H,19,20)(H,24,25)/t16-/m1/s1. The number of carboxylic acid groups (broad SMARTS) is 1. The van der Waals surface area contributed by atoms with Crippen LogP contribution in [0.4, 0.5) is 0 Å². The minimum Gasteiger partial charge on any atom is -0.479 e. The highest BCUT2D eigenvalue weighted by Crippen LogP contribution is 2.20. The van der Waals surface area contributed by atoms with Gasteiger partial charge in [0.05, 0.1) is 5.69 Å². The van der Waals surface area contributed by atoms with Crippen LogP contribution in [0.15, 0.2) is 0 Å². The minimum absolute atomic E-state index is 0.0188. The molecule has 2 rings (SSSR count). The molecular formula is C17H26N4O4. The van der Waals surface area contributed by atoms with Crippen molar-refractivity contribution < 1.29 is 19.5 Å². The molecule has 0 radical (unpaired) electrons. The van der Waals surface area contributed by atoms with Crippen molar-refractivity contribution in [2.45, 2.75) is 58.4 Å². The van der Waals surface area contributed by atoms with E-state index in [9.17, 15) is 19.5 Å². The van der Waals surface area contributed by atoms with Gasteiger partial charge in [0.25, 0.3) is 0 Å². The first-order chi connectivity index (χ1) is 11.9. The van der Waals surface area contributed by atoms with Gasteiger partial charge in [0.15, 0.2) is 6.04 Å². The van der Waals surface area contributed by atoms with E-state index in [1.807, 2.05) is 0 Å². The molecule has 0 spiro atoms. The summed E-state index contributed by atoms with van der Waals surface area (Å²) >= 11 is 0. The number of amides is 2. The van der Waals surface area contributed by atoms with Gasteiger partial charge in [0.1, 0.15) is 0 Å². The van der Waals surface area contributed by atoms with Gasteiger partial charge in [-0.05, 0) is 26.7 Å². The number of aryl methyl sites for hydroxylation is 2. The van der Waals surface area contributed by atoms with E-state index in [1.165, 1.54) is 0 Å². The molecule has 25 heavy (non-hydrogen) atoms. The maximum atomic E-state index is 12.2. The number of H-pyrrole nitrogens is 1. The Morgan fingerprint density at radius 3 is 2.32 bits per heavy atom. The van der Waals surface area contributed by atoms with Crippen LogP contribution in [0.1, 0.15) is 61.5 Å². The third-order valence-electron chi connectivity index (χ3n) is 4.55. The molecule has 0 saturated carbocycles. The van der Waals surface area contributed by atoms with Crippen molar-refractivity contribution in [1.29, 1.82) is 0 Å². The second kappa shape index (κ2) is 8.64. The van der Waals surface area contributed by atoms with Crippen molar-refractivity contribution in [2.75, 3.05) is 13.1 Å². The van der Waals surface area contributed by atoms with E-state index in [1.54, 1.807) is 18.7 Å². The van der Waals surface area contributed by atoms with Crippen LogP contribution in [0.5, 0.6) is 0 Å². The molecule has 1 aromatic heterocycles. The lowest BCUT2D eigenvalue weighted by molar-refractivity contribution is -0.142. The second-order valence-electron chi connectivity index (χ2n) is 6.48. The van der Waals surface area contributed by atoms with Gasteiger partial charge in [-0.3, -0.25) is 14.7 Å². The molecule has 1 atom stereocenters. The Kier molecular flexibility index (Phi) is 6.55. The number of aliphatic carboxylic acids is 1. The lowest BCUT2D eigenvalue weighted by atomic mass is 10.0. The Labute approximate surface area is 147 Å². The molecule has 0 aromatic carbocycles. The Bertz CT molecular complexity index is 613. The number of carboxylic acids is 1. The van der Waals surface area contributed by atoms with Crippen molar-refractivity contribution in [1.82, 2.24) is 20.4 Å². The zero-order valence-corrected chi connectivity index (χ0v) is 14.8. The summed E-state index contributed by atoms with van der Waals surface area (Å²) in [6, 6.07) is -1.17. The van der Waals surface area contributed by atoms with E-state index < -0.39 is 17.9 Å². The van der Waals surface area contributed by atoms with Crippen LogP contribution in [0, 0.1) is 13.8 Å². The maximum Gasteiger partial charge on any atom is 0.331 e. The van der Waals surface area contributed by atoms with Gasteiger partial charge >= 0.3 is 5.97 Å².